The van der Waals surface area contributed by atoms with E-state index < -0.39 is 5.97 Å². The number of methoxy groups -OCH3 is 1. The average molecular weight is 280 g/mol. The van der Waals surface area contributed by atoms with E-state index in [1.807, 2.05) is 13.8 Å². The van der Waals surface area contributed by atoms with Crippen LogP contribution >= 0.6 is 0 Å². The summed E-state index contributed by atoms with van der Waals surface area (Å²) in [6.07, 6.45) is 0. The van der Waals surface area contributed by atoms with Crippen LogP contribution in [-0.2, 0) is 4.74 Å². The number of nitrogens with zero attached hydrogens (tertiary/aromatic N) is 1. The van der Waals surface area contributed by atoms with Crippen molar-refractivity contribution in [3.8, 4) is 0 Å². The number of nitrogens with one attached hydrogen (secondary N) is 1. The molecule has 1 rings (SSSR count). The SMILES string of the molecule is COCC(Nc1cc(C(=O)O)cc(C(C)C)n1)C(C)C. The zero-order valence-electron chi connectivity index (χ0n) is 12.8. The van der Waals surface area contributed by atoms with Crippen molar-refractivity contribution < 1.29 is 14.6 Å². The van der Waals surface area contributed by atoms with E-state index in [1.54, 1.807) is 19.2 Å². The maximum absolute atomic E-state index is 11.2. The molecule has 1 aromatic rings. The lowest BCUT2D eigenvalue weighted by Gasteiger charge is -2.23. The van der Waals surface area contributed by atoms with Gasteiger partial charge in [-0.2, -0.15) is 0 Å². The molecule has 0 saturated carbocycles. The van der Waals surface area contributed by atoms with Gasteiger partial charge in [-0.15, -0.1) is 0 Å². The summed E-state index contributed by atoms with van der Waals surface area (Å²) in [4.78, 5) is 15.7. The normalized spacial score (nSPS) is 12.8. The lowest BCUT2D eigenvalue weighted by Crippen LogP contribution is -2.31. The number of ether oxygens (including phenoxy) is 1. The molecule has 0 fully saturated rings. The standard InChI is InChI=1S/C15H24N2O3/c1-9(2)12-6-11(15(18)19)7-14(16-12)17-13(8-20-5)10(3)4/h6-7,9-10,13H,8H2,1-5H3,(H,16,17)(H,18,19). The minimum atomic E-state index is -0.940. The van der Waals surface area contributed by atoms with Crippen LogP contribution in [0.25, 0.3) is 0 Å². The third kappa shape index (κ3) is 4.49. The van der Waals surface area contributed by atoms with Crippen LogP contribution in [0.5, 0.6) is 0 Å². The molecule has 1 unspecified atom stereocenters. The molecule has 0 aliphatic heterocycles. The molecule has 0 aliphatic rings. The number of aromatic nitrogens is 1. The maximum Gasteiger partial charge on any atom is 0.335 e. The largest absolute Gasteiger partial charge is 0.478 e. The lowest BCUT2D eigenvalue weighted by atomic mass is 10.0. The van der Waals surface area contributed by atoms with Gasteiger partial charge in [-0.1, -0.05) is 27.7 Å². The molecule has 1 atom stereocenters. The van der Waals surface area contributed by atoms with Gasteiger partial charge < -0.3 is 15.2 Å². The van der Waals surface area contributed by atoms with Crippen molar-refractivity contribution in [3.63, 3.8) is 0 Å². The molecule has 1 aromatic heterocycles. The molecule has 0 aromatic carbocycles. The molecule has 20 heavy (non-hydrogen) atoms. The van der Waals surface area contributed by atoms with E-state index >= 15 is 0 Å². The van der Waals surface area contributed by atoms with Gasteiger partial charge in [0, 0.05) is 12.8 Å². The van der Waals surface area contributed by atoms with Crippen LogP contribution in [0.4, 0.5) is 5.82 Å². The minimum absolute atomic E-state index is 0.0940. The highest BCUT2D eigenvalue weighted by molar-refractivity contribution is 5.88. The van der Waals surface area contributed by atoms with E-state index in [1.165, 1.54) is 0 Å². The minimum Gasteiger partial charge on any atom is -0.478 e. The summed E-state index contributed by atoms with van der Waals surface area (Å²) in [6, 6.07) is 3.29. The summed E-state index contributed by atoms with van der Waals surface area (Å²) in [5.74, 6) is 0.178. The van der Waals surface area contributed by atoms with Crippen LogP contribution in [-0.4, -0.2) is 35.8 Å². The monoisotopic (exact) mass is 280 g/mol. The van der Waals surface area contributed by atoms with Crippen LogP contribution in [0.2, 0.25) is 0 Å². The van der Waals surface area contributed by atoms with E-state index in [0.717, 1.165) is 5.69 Å². The number of carboxylic acid groups (broad SMARTS) is 1. The first-order valence-corrected chi connectivity index (χ1v) is 6.85. The van der Waals surface area contributed by atoms with Crippen LogP contribution in [0, 0.1) is 5.92 Å². The molecular formula is C15H24N2O3. The average Bonchev–Trinajstić information content (AvgIpc) is 2.37. The first-order chi connectivity index (χ1) is 9.35. The molecule has 0 aliphatic carbocycles. The summed E-state index contributed by atoms with van der Waals surface area (Å²) in [5.41, 5.74) is 1.03. The van der Waals surface area contributed by atoms with E-state index in [2.05, 4.69) is 24.1 Å². The van der Waals surface area contributed by atoms with Gasteiger partial charge in [-0.05, 0) is 24.0 Å². The van der Waals surface area contributed by atoms with Gasteiger partial charge in [0.1, 0.15) is 5.82 Å². The Kier molecular flexibility index (Phi) is 5.95. The summed E-state index contributed by atoms with van der Waals surface area (Å²) < 4.78 is 5.19. The highest BCUT2D eigenvalue weighted by Gasteiger charge is 2.16. The number of hydrogen-bond acceptors (Lipinski definition) is 4. The predicted molar refractivity (Wildman–Crippen MR) is 79.4 cm³/mol. The van der Waals surface area contributed by atoms with E-state index in [9.17, 15) is 9.90 Å². The van der Waals surface area contributed by atoms with Crippen molar-refractivity contribution in [2.75, 3.05) is 19.0 Å². The van der Waals surface area contributed by atoms with Gasteiger partial charge >= 0.3 is 5.97 Å². The predicted octanol–water partition coefficient (Wildman–Crippen LogP) is 2.99. The fraction of sp³-hybridized carbons (Fsp3) is 0.600. The Balaban J connectivity index is 3.06. The Labute approximate surface area is 120 Å². The van der Waals surface area contributed by atoms with Crippen LogP contribution in [0.3, 0.4) is 0 Å². The molecule has 0 amide bonds. The molecule has 0 radical (unpaired) electrons. The molecule has 0 spiro atoms. The highest BCUT2D eigenvalue weighted by Crippen LogP contribution is 2.19. The number of aromatic carboxylic acids is 1. The van der Waals surface area contributed by atoms with Crippen molar-refractivity contribution in [1.29, 1.82) is 0 Å². The topological polar surface area (TPSA) is 71.5 Å². The molecule has 5 heteroatoms. The zero-order chi connectivity index (χ0) is 15.3. The second kappa shape index (κ2) is 7.24. The van der Waals surface area contributed by atoms with Crippen molar-refractivity contribution in [2.45, 2.75) is 39.7 Å². The first kappa shape index (κ1) is 16.4. The Morgan fingerprint density at radius 1 is 1.35 bits per heavy atom. The summed E-state index contributed by atoms with van der Waals surface area (Å²) in [7, 11) is 1.65. The number of pyridine rings is 1. The smallest absolute Gasteiger partial charge is 0.335 e. The molecule has 1 heterocycles. The quantitative estimate of drug-likeness (QED) is 0.803. The maximum atomic E-state index is 11.2. The molecule has 5 nitrogen and oxygen atoms in total. The second-order valence-electron chi connectivity index (χ2n) is 5.58. The number of anilines is 1. The summed E-state index contributed by atoms with van der Waals surface area (Å²) in [5, 5.41) is 12.5. The van der Waals surface area contributed by atoms with Gasteiger partial charge in [0.2, 0.25) is 0 Å². The first-order valence-electron chi connectivity index (χ1n) is 6.85. The molecular weight excluding hydrogens is 256 g/mol. The third-order valence-electron chi connectivity index (χ3n) is 3.17. The molecule has 0 saturated heterocycles. The molecule has 112 valence electrons. The molecule has 2 N–H and O–H groups in total. The van der Waals surface area contributed by atoms with Crippen molar-refractivity contribution in [2.24, 2.45) is 5.92 Å². The second-order valence-corrected chi connectivity index (χ2v) is 5.58. The summed E-state index contributed by atoms with van der Waals surface area (Å²) >= 11 is 0. The molecule has 0 bridgehead atoms. The Morgan fingerprint density at radius 2 is 2.00 bits per heavy atom. The fourth-order valence-corrected chi connectivity index (χ4v) is 1.82. The summed E-state index contributed by atoms with van der Waals surface area (Å²) in [6.45, 7) is 8.70. The van der Waals surface area contributed by atoms with Gasteiger partial charge in [0.25, 0.3) is 0 Å². The fourth-order valence-electron chi connectivity index (χ4n) is 1.82. The van der Waals surface area contributed by atoms with E-state index in [0.29, 0.717) is 18.3 Å². The van der Waals surface area contributed by atoms with Gasteiger partial charge in [0.05, 0.1) is 18.2 Å². The Bertz CT molecular complexity index is 458. The van der Waals surface area contributed by atoms with E-state index in [4.69, 9.17) is 4.74 Å². The number of carboxylic acids is 1. The van der Waals surface area contributed by atoms with E-state index in [-0.39, 0.29) is 17.5 Å². The van der Waals surface area contributed by atoms with Gasteiger partial charge in [-0.25, -0.2) is 9.78 Å². The Morgan fingerprint density at radius 3 is 2.45 bits per heavy atom. The lowest BCUT2D eigenvalue weighted by molar-refractivity contribution is 0.0696. The van der Waals surface area contributed by atoms with Crippen molar-refractivity contribution in [3.05, 3.63) is 23.4 Å². The third-order valence-corrected chi connectivity index (χ3v) is 3.17. The van der Waals surface area contributed by atoms with Gasteiger partial charge in [0.15, 0.2) is 0 Å². The number of carbonyl (C=O) groups is 1. The highest BCUT2D eigenvalue weighted by atomic mass is 16.5. The van der Waals surface area contributed by atoms with Crippen molar-refractivity contribution in [1.82, 2.24) is 4.98 Å². The number of rotatable bonds is 7. The van der Waals surface area contributed by atoms with Gasteiger partial charge in [-0.3, -0.25) is 0 Å². The van der Waals surface area contributed by atoms with Crippen LogP contribution in [0.1, 0.15) is 49.7 Å². The van der Waals surface area contributed by atoms with Crippen LogP contribution < -0.4 is 5.32 Å². The Hall–Kier alpha value is -1.62. The van der Waals surface area contributed by atoms with Crippen LogP contribution in [0.15, 0.2) is 12.1 Å². The number of hydrogen-bond donors (Lipinski definition) is 2. The zero-order valence-corrected chi connectivity index (χ0v) is 12.8. The van der Waals surface area contributed by atoms with Crippen molar-refractivity contribution >= 4 is 11.8 Å².